The first-order chi connectivity index (χ1) is 11.3. The minimum absolute atomic E-state index is 0. The van der Waals surface area contributed by atoms with E-state index in [1.807, 2.05) is 32.7 Å². The van der Waals surface area contributed by atoms with E-state index >= 15 is 0 Å². The first-order valence-electron chi connectivity index (χ1n) is 9.16. The second-order valence-corrected chi connectivity index (χ2v) is 7.61. The van der Waals surface area contributed by atoms with Crippen LogP contribution in [0.15, 0.2) is 4.99 Å². The maximum Gasteiger partial charge on any atom is 0.410 e. The number of unbranched alkanes of at least 4 members (excludes halogenated alkanes) is 1. The highest BCUT2D eigenvalue weighted by Crippen LogP contribution is 2.19. The van der Waals surface area contributed by atoms with Gasteiger partial charge in [-0.3, -0.25) is 4.99 Å². The van der Waals surface area contributed by atoms with Gasteiger partial charge < -0.3 is 19.9 Å². The number of rotatable bonds is 5. The second-order valence-electron chi connectivity index (χ2n) is 7.61. The van der Waals surface area contributed by atoms with Gasteiger partial charge in [-0.25, -0.2) is 4.79 Å². The molecule has 148 valence electrons. The third-order valence-corrected chi connectivity index (χ3v) is 4.24. The molecule has 1 N–H and O–H groups in total. The van der Waals surface area contributed by atoms with Gasteiger partial charge in [0.25, 0.3) is 0 Å². The van der Waals surface area contributed by atoms with Crippen LogP contribution in [0.5, 0.6) is 0 Å². The zero-order valence-electron chi connectivity index (χ0n) is 16.8. The molecule has 6 nitrogen and oxygen atoms in total. The number of piperidine rings is 1. The lowest BCUT2D eigenvalue weighted by atomic mass is 9.97. The zero-order valence-corrected chi connectivity index (χ0v) is 19.1. The quantitative estimate of drug-likeness (QED) is 0.381. The highest BCUT2D eigenvalue weighted by atomic mass is 127. The first kappa shape index (κ1) is 24.3. The molecule has 1 aliphatic heterocycles. The lowest BCUT2D eigenvalue weighted by Crippen LogP contribution is -2.45. The topological polar surface area (TPSA) is 57.2 Å². The van der Waals surface area contributed by atoms with Crippen molar-refractivity contribution < 1.29 is 9.53 Å². The SMILES string of the molecule is CCCCN(C)C(=NC)NCC1CCN(C(=O)OC(C)(C)C)CC1.I. The van der Waals surface area contributed by atoms with Crippen LogP contribution in [0.25, 0.3) is 0 Å². The maximum absolute atomic E-state index is 12.1. The van der Waals surface area contributed by atoms with E-state index in [0.29, 0.717) is 5.92 Å². The normalized spacial score (nSPS) is 16.2. The Labute approximate surface area is 170 Å². The Balaban J connectivity index is 0.00000576. The number of hydrogen-bond acceptors (Lipinski definition) is 3. The second kappa shape index (κ2) is 11.8. The lowest BCUT2D eigenvalue weighted by Gasteiger charge is -2.34. The Hall–Kier alpha value is -0.730. The van der Waals surface area contributed by atoms with Gasteiger partial charge in [-0.05, 0) is 46.0 Å². The monoisotopic (exact) mass is 468 g/mol. The third kappa shape index (κ3) is 9.51. The molecule has 0 spiro atoms. The molecule has 0 atom stereocenters. The molecule has 0 bridgehead atoms. The third-order valence-electron chi connectivity index (χ3n) is 4.24. The van der Waals surface area contributed by atoms with Gasteiger partial charge in [0.15, 0.2) is 5.96 Å². The number of aliphatic imine (C=N–C) groups is 1. The van der Waals surface area contributed by atoms with Crippen LogP contribution in [-0.2, 0) is 4.74 Å². The van der Waals surface area contributed by atoms with E-state index in [1.54, 1.807) is 0 Å². The number of hydrogen-bond donors (Lipinski definition) is 1. The van der Waals surface area contributed by atoms with Gasteiger partial charge in [0.2, 0.25) is 0 Å². The van der Waals surface area contributed by atoms with Crippen molar-refractivity contribution in [3.63, 3.8) is 0 Å². The molecule has 1 rings (SSSR count). The van der Waals surface area contributed by atoms with E-state index in [4.69, 9.17) is 4.74 Å². The van der Waals surface area contributed by atoms with Crippen molar-refractivity contribution in [2.45, 2.75) is 59.0 Å². The van der Waals surface area contributed by atoms with Crippen molar-refractivity contribution in [1.29, 1.82) is 0 Å². The molecule has 1 heterocycles. The van der Waals surface area contributed by atoms with Gasteiger partial charge in [-0.1, -0.05) is 13.3 Å². The molecule has 0 saturated carbocycles. The van der Waals surface area contributed by atoms with Crippen molar-refractivity contribution in [1.82, 2.24) is 15.1 Å². The zero-order chi connectivity index (χ0) is 18.2. The number of halogens is 1. The molecule has 0 aromatic carbocycles. The fourth-order valence-corrected chi connectivity index (χ4v) is 2.77. The standard InChI is InChI=1S/C18H36N4O2.HI/c1-7-8-11-21(6)16(19-5)20-14-15-9-12-22(13-10-15)17(23)24-18(2,3)4;/h15H,7-14H2,1-6H3,(H,19,20);1H. The van der Waals surface area contributed by atoms with Gasteiger partial charge in [-0.15, -0.1) is 24.0 Å². The summed E-state index contributed by atoms with van der Waals surface area (Å²) in [5.41, 5.74) is -0.426. The van der Waals surface area contributed by atoms with Crippen LogP contribution in [0.3, 0.4) is 0 Å². The number of nitrogens with one attached hydrogen (secondary N) is 1. The van der Waals surface area contributed by atoms with E-state index in [1.165, 1.54) is 12.8 Å². The molecular formula is C18H37IN4O2. The molecule has 1 amide bonds. The molecule has 7 heteroatoms. The van der Waals surface area contributed by atoms with Crippen LogP contribution in [0.4, 0.5) is 4.79 Å². The fraction of sp³-hybridized carbons (Fsp3) is 0.889. The van der Waals surface area contributed by atoms with Crippen molar-refractivity contribution in [2.75, 3.05) is 40.3 Å². The number of amides is 1. The smallest absolute Gasteiger partial charge is 0.410 e. The van der Waals surface area contributed by atoms with Gasteiger partial charge in [0, 0.05) is 40.3 Å². The summed E-state index contributed by atoms with van der Waals surface area (Å²) in [6.07, 6.45) is 4.17. The lowest BCUT2D eigenvalue weighted by molar-refractivity contribution is 0.0185. The summed E-state index contributed by atoms with van der Waals surface area (Å²) in [4.78, 5) is 20.4. The van der Waals surface area contributed by atoms with Crippen LogP contribution in [-0.4, -0.2) is 67.7 Å². The predicted octanol–water partition coefficient (Wildman–Crippen LogP) is 3.56. The number of likely N-dealkylation sites (tertiary alicyclic amines) is 1. The van der Waals surface area contributed by atoms with Gasteiger partial charge in [-0.2, -0.15) is 0 Å². The van der Waals surface area contributed by atoms with Crippen molar-refractivity contribution in [3.05, 3.63) is 0 Å². The summed E-state index contributed by atoms with van der Waals surface area (Å²) in [6, 6.07) is 0. The summed E-state index contributed by atoms with van der Waals surface area (Å²) < 4.78 is 5.44. The van der Waals surface area contributed by atoms with E-state index in [0.717, 1.165) is 45.0 Å². The summed E-state index contributed by atoms with van der Waals surface area (Å²) in [7, 11) is 3.91. The first-order valence-corrected chi connectivity index (χ1v) is 9.16. The molecule has 0 radical (unpaired) electrons. The molecular weight excluding hydrogens is 431 g/mol. The predicted molar refractivity (Wildman–Crippen MR) is 115 cm³/mol. The van der Waals surface area contributed by atoms with E-state index in [-0.39, 0.29) is 30.1 Å². The summed E-state index contributed by atoms with van der Waals surface area (Å²) in [5, 5.41) is 3.47. The maximum atomic E-state index is 12.1. The fourth-order valence-electron chi connectivity index (χ4n) is 2.77. The van der Waals surface area contributed by atoms with Crippen LogP contribution in [0, 0.1) is 5.92 Å². The largest absolute Gasteiger partial charge is 0.444 e. The van der Waals surface area contributed by atoms with E-state index in [9.17, 15) is 4.79 Å². The highest BCUT2D eigenvalue weighted by Gasteiger charge is 2.26. The Morgan fingerprint density at radius 1 is 1.32 bits per heavy atom. The van der Waals surface area contributed by atoms with Gasteiger partial charge in [0.05, 0.1) is 0 Å². The molecule has 0 aromatic heterocycles. The molecule has 0 unspecified atom stereocenters. The van der Waals surface area contributed by atoms with Crippen LogP contribution < -0.4 is 5.32 Å². The minimum Gasteiger partial charge on any atom is -0.444 e. The Bertz CT molecular complexity index is 416. The van der Waals surface area contributed by atoms with Crippen molar-refractivity contribution in [3.8, 4) is 0 Å². The van der Waals surface area contributed by atoms with Crippen LogP contribution in [0.2, 0.25) is 0 Å². The van der Waals surface area contributed by atoms with E-state index < -0.39 is 5.60 Å². The van der Waals surface area contributed by atoms with Gasteiger partial charge >= 0.3 is 6.09 Å². The van der Waals surface area contributed by atoms with Crippen molar-refractivity contribution >= 4 is 36.0 Å². The average Bonchev–Trinajstić information content (AvgIpc) is 2.52. The summed E-state index contributed by atoms with van der Waals surface area (Å²) in [6.45, 7) is 11.4. The number of nitrogens with zero attached hydrogens (tertiary/aromatic N) is 3. The summed E-state index contributed by atoms with van der Waals surface area (Å²) >= 11 is 0. The number of guanidine groups is 1. The van der Waals surface area contributed by atoms with Gasteiger partial charge in [0.1, 0.15) is 5.60 Å². The minimum atomic E-state index is -0.426. The highest BCUT2D eigenvalue weighted by molar-refractivity contribution is 14.0. The van der Waals surface area contributed by atoms with Crippen LogP contribution in [0.1, 0.15) is 53.4 Å². The molecule has 0 aliphatic carbocycles. The van der Waals surface area contributed by atoms with Crippen molar-refractivity contribution in [2.24, 2.45) is 10.9 Å². The molecule has 25 heavy (non-hydrogen) atoms. The Morgan fingerprint density at radius 3 is 2.40 bits per heavy atom. The molecule has 1 aliphatic rings. The number of ether oxygens (including phenoxy) is 1. The van der Waals surface area contributed by atoms with E-state index in [2.05, 4.69) is 29.2 Å². The van der Waals surface area contributed by atoms with Crippen LogP contribution >= 0.6 is 24.0 Å². The molecule has 1 saturated heterocycles. The molecule has 0 aromatic rings. The number of carbonyl (C=O) groups is 1. The Morgan fingerprint density at radius 2 is 1.92 bits per heavy atom. The Kier molecular flexibility index (Phi) is 11.5. The average molecular weight is 468 g/mol. The summed E-state index contributed by atoms with van der Waals surface area (Å²) in [5.74, 6) is 1.53. The number of carbonyl (C=O) groups excluding carboxylic acids is 1. The molecule has 1 fully saturated rings.